The summed E-state index contributed by atoms with van der Waals surface area (Å²) in [5.74, 6) is 1.30. The highest BCUT2D eigenvalue weighted by Gasteiger charge is 2.24. The van der Waals surface area contributed by atoms with Crippen LogP contribution in [0, 0.1) is 19.8 Å². The highest BCUT2D eigenvalue weighted by Crippen LogP contribution is 2.28. The molecule has 3 amide bonds. The van der Waals surface area contributed by atoms with Crippen LogP contribution in [0.2, 0.25) is 0 Å². The van der Waals surface area contributed by atoms with E-state index in [-0.39, 0.29) is 24.4 Å². The van der Waals surface area contributed by atoms with E-state index in [2.05, 4.69) is 16.4 Å². The van der Waals surface area contributed by atoms with E-state index in [1.807, 2.05) is 93.4 Å². The molecule has 8 heteroatoms. The van der Waals surface area contributed by atoms with Crippen molar-refractivity contribution in [1.29, 1.82) is 0 Å². The molecule has 0 unspecified atom stereocenters. The van der Waals surface area contributed by atoms with Gasteiger partial charge < -0.3 is 29.6 Å². The molecule has 0 aliphatic carbocycles. The molecular weight excluding hydrogens is 528 g/mol. The van der Waals surface area contributed by atoms with Crippen molar-refractivity contribution < 1.29 is 19.1 Å². The van der Waals surface area contributed by atoms with Crippen LogP contribution in [0.4, 0.5) is 10.5 Å². The lowest BCUT2D eigenvalue weighted by molar-refractivity contribution is -0.132. The standard InChI is InChI=1S/C34H42N4O4/c1-23(2)20-38(34(40)36-33-24(3)10-9-11-25(33)4)22-32(39)37(21-26-14-15-30(41-5)31(18-26)42-6)17-16-27-19-35-29-13-8-7-12-28(27)29/h7-15,18-19,23,35H,16-17,20-22H2,1-6H3,(H,36,40). The van der Waals surface area contributed by atoms with E-state index in [4.69, 9.17) is 9.47 Å². The van der Waals surface area contributed by atoms with Crippen LogP contribution < -0.4 is 14.8 Å². The van der Waals surface area contributed by atoms with Crippen molar-refractivity contribution in [3.05, 3.63) is 89.1 Å². The van der Waals surface area contributed by atoms with Gasteiger partial charge in [0.1, 0.15) is 6.54 Å². The second kappa shape index (κ2) is 13.9. The van der Waals surface area contributed by atoms with Crippen LogP contribution in [0.5, 0.6) is 11.5 Å². The number of urea groups is 1. The fourth-order valence-corrected chi connectivity index (χ4v) is 5.21. The monoisotopic (exact) mass is 570 g/mol. The number of aromatic nitrogens is 1. The van der Waals surface area contributed by atoms with E-state index in [1.165, 1.54) is 0 Å². The molecule has 1 aromatic heterocycles. The number of ether oxygens (including phenoxy) is 2. The molecule has 0 saturated heterocycles. The average molecular weight is 571 g/mol. The predicted octanol–water partition coefficient (Wildman–Crippen LogP) is 6.56. The zero-order chi connectivity index (χ0) is 30.2. The van der Waals surface area contributed by atoms with Gasteiger partial charge in [0.25, 0.3) is 0 Å². The molecule has 1 heterocycles. The summed E-state index contributed by atoms with van der Waals surface area (Å²) in [6, 6.07) is 19.5. The van der Waals surface area contributed by atoms with Gasteiger partial charge in [-0.2, -0.15) is 0 Å². The Kier molecular flexibility index (Phi) is 10.1. The highest BCUT2D eigenvalue weighted by molar-refractivity contribution is 5.93. The molecule has 0 saturated carbocycles. The third kappa shape index (κ3) is 7.43. The van der Waals surface area contributed by atoms with Crippen molar-refractivity contribution in [2.24, 2.45) is 5.92 Å². The van der Waals surface area contributed by atoms with Crippen LogP contribution in [-0.2, 0) is 17.8 Å². The first-order chi connectivity index (χ1) is 20.2. The first kappa shape index (κ1) is 30.5. The van der Waals surface area contributed by atoms with Crippen LogP contribution in [-0.4, -0.2) is 60.6 Å². The van der Waals surface area contributed by atoms with Crippen molar-refractivity contribution >= 4 is 28.5 Å². The number of nitrogens with one attached hydrogen (secondary N) is 2. The molecule has 42 heavy (non-hydrogen) atoms. The molecule has 4 rings (SSSR count). The fourth-order valence-electron chi connectivity index (χ4n) is 5.21. The number of fused-ring (bicyclic) bond motifs is 1. The van der Waals surface area contributed by atoms with Crippen molar-refractivity contribution in [3.8, 4) is 11.5 Å². The van der Waals surface area contributed by atoms with Gasteiger partial charge in [0.15, 0.2) is 11.5 Å². The van der Waals surface area contributed by atoms with Crippen molar-refractivity contribution in [2.45, 2.75) is 40.7 Å². The van der Waals surface area contributed by atoms with Gasteiger partial charge in [0.05, 0.1) is 14.2 Å². The minimum Gasteiger partial charge on any atom is -0.493 e. The molecule has 8 nitrogen and oxygen atoms in total. The Labute approximate surface area is 248 Å². The maximum absolute atomic E-state index is 14.0. The van der Waals surface area contributed by atoms with Crippen LogP contribution in [0.1, 0.15) is 36.1 Å². The van der Waals surface area contributed by atoms with E-state index < -0.39 is 0 Å². The molecule has 0 fully saturated rings. The number of hydrogen-bond donors (Lipinski definition) is 2. The molecule has 0 aliphatic rings. The van der Waals surface area contributed by atoms with Crippen LogP contribution in [0.3, 0.4) is 0 Å². The minimum atomic E-state index is -0.280. The number of anilines is 1. The number of carbonyl (C=O) groups is 2. The third-order valence-electron chi connectivity index (χ3n) is 7.41. The quantitative estimate of drug-likeness (QED) is 0.202. The van der Waals surface area contributed by atoms with Crippen molar-refractivity contribution in [2.75, 3.05) is 39.2 Å². The number of H-pyrrole nitrogens is 1. The number of benzene rings is 3. The summed E-state index contributed by atoms with van der Waals surface area (Å²) in [7, 11) is 3.20. The van der Waals surface area contributed by atoms with Crippen LogP contribution >= 0.6 is 0 Å². The molecule has 0 aliphatic heterocycles. The number of rotatable bonds is 12. The lowest BCUT2D eigenvalue weighted by atomic mass is 10.1. The zero-order valence-corrected chi connectivity index (χ0v) is 25.5. The van der Waals surface area contributed by atoms with E-state index >= 15 is 0 Å². The molecule has 222 valence electrons. The maximum Gasteiger partial charge on any atom is 0.322 e. The Hall–Kier alpha value is -4.46. The number of methoxy groups -OCH3 is 2. The SMILES string of the molecule is COc1ccc(CN(CCc2c[nH]c3ccccc23)C(=O)CN(CC(C)C)C(=O)Nc2c(C)cccc2C)cc1OC. The summed E-state index contributed by atoms with van der Waals surface area (Å²) in [4.78, 5) is 34.3. The number of amides is 3. The second-order valence-electron chi connectivity index (χ2n) is 11.1. The molecule has 0 bridgehead atoms. The normalized spacial score (nSPS) is 11.0. The van der Waals surface area contributed by atoms with Gasteiger partial charge >= 0.3 is 6.03 Å². The number of para-hydroxylation sites is 2. The van der Waals surface area contributed by atoms with Crippen LogP contribution in [0.15, 0.2) is 66.9 Å². The molecule has 4 aromatic rings. The number of aryl methyl sites for hydroxylation is 2. The summed E-state index contributed by atoms with van der Waals surface area (Å²) >= 11 is 0. The molecular formula is C34H42N4O4. The second-order valence-corrected chi connectivity index (χ2v) is 11.1. The van der Waals surface area contributed by atoms with Gasteiger partial charge in [0.2, 0.25) is 5.91 Å². The lowest BCUT2D eigenvalue weighted by Gasteiger charge is -2.29. The van der Waals surface area contributed by atoms with E-state index in [1.54, 1.807) is 19.1 Å². The fraction of sp³-hybridized carbons (Fsp3) is 0.353. The topological polar surface area (TPSA) is 86.9 Å². The molecule has 0 atom stereocenters. The Morgan fingerprint density at radius 1 is 0.905 bits per heavy atom. The van der Waals surface area contributed by atoms with Gasteiger partial charge in [-0.15, -0.1) is 0 Å². The van der Waals surface area contributed by atoms with E-state index in [0.29, 0.717) is 37.6 Å². The summed E-state index contributed by atoms with van der Waals surface area (Å²) in [5, 5.41) is 4.21. The van der Waals surface area contributed by atoms with Gasteiger partial charge in [-0.25, -0.2) is 4.79 Å². The summed E-state index contributed by atoms with van der Waals surface area (Å²) in [6.45, 7) is 9.31. The molecule has 3 aromatic carbocycles. The number of hydrogen-bond acceptors (Lipinski definition) is 4. The van der Waals surface area contributed by atoms with Gasteiger partial charge in [-0.3, -0.25) is 4.79 Å². The Morgan fingerprint density at radius 3 is 2.31 bits per heavy atom. The molecule has 0 radical (unpaired) electrons. The maximum atomic E-state index is 14.0. The van der Waals surface area contributed by atoms with Gasteiger partial charge in [0, 0.05) is 42.4 Å². The number of carbonyl (C=O) groups excluding carboxylic acids is 2. The Bertz CT molecular complexity index is 1510. The summed E-state index contributed by atoms with van der Waals surface area (Å²) in [6.07, 6.45) is 2.68. The van der Waals surface area contributed by atoms with Crippen LogP contribution in [0.25, 0.3) is 10.9 Å². The largest absolute Gasteiger partial charge is 0.493 e. The number of nitrogens with zero attached hydrogens (tertiary/aromatic N) is 2. The zero-order valence-electron chi connectivity index (χ0n) is 25.5. The first-order valence-electron chi connectivity index (χ1n) is 14.4. The average Bonchev–Trinajstić information content (AvgIpc) is 3.39. The summed E-state index contributed by atoms with van der Waals surface area (Å²) in [5.41, 5.74) is 5.86. The summed E-state index contributed by atoms with van der Waals surface area (Å²) < 4.78 is 10.9. The number of aromatic amines is 1. The smallest absolute Gasteiger partial charge is 0.322 e. The van der Waals surface area contributed by atoms with Crippen molar-refractivity contribution in [3.63, 3.8) is 0 Å². The molecule has 2 N–H and O–H groups in total. The predicted molar refractivity (Wildman–Crippen MR) is 168 cm³/mol. The Balaban J connectivity index is 1.58. The first-order valence-corrected chi connectivity index (χ1v) is 14.4. The van der Waals surface area contributed by atoms with Gasteiger partial charge in [-0.05, 0) is 66.6 Å². The lowest BCUT2D eigenvalue weighted by Crippen LogP contribution is -2.46. The Morgan fingerprint density at radius 2 is 1.62 bits per heavy atom. The highest BCUT2D eigenvalue weighted by atomic mass is 16.5. The molecule has 0 spiro atoms. The minimum absolute atomic E-state index is 0.0316. The van der Waals surface area contributed by atoms with E-state index in [0.717, 1.165) is 38.8 Å². The van der Waals surface area contributed by atoms with Crippen molar-refractivity contribution in [1.82, 2.24) is 14.8 Å². The third-order valence-corrected chi connectivity index (χ3v) is 7.41. The van der Waals surface area contributed by atoms with E-state index in [9.17, 15) is 9.59 Å². The van der Waals surface area contributed by atoms with Gasteiger partial charge in [-0.1, -0.05) is 56.3 Å².